The molecule has 0 spiro atoms. The first-order valence-corrected chi connectivity index (χ1v) is 9.69. The van der Waals surface area contributed by atoms with Crippen molar-refractivity contribution >= 4 is 25.8 Å². The number of sulfonamides is 2. The van der Waals surface area contributed by atoms with Gasteiger partial charge in [-0.25, -0.2) is 16.8 Å². The zero-order valence-corrected chi connectivity index (χ0v) is 12.9. The molecule has 0 aromatic heterocycles. The van der Waals surface area contributed by atoms with Crippen LogP contribution in [0.3, 0.4) is 0 Å². The summed E-state index contributed by atoms with van der Waals surface area (Å²) in [5, 5.41) is 0. The van der Waals surface area contributed by atoms with Gasteiger partial charge in [-0.2, -0.15) is 0 Å². The average molecular weight is 309 g/mol. The van der Waals surface area contributed by atoms with Crippen molar-refractivity contribution in [1.82, 2.24) is 4.13 Å². The molecular formula is C11H19NO5S2. The molecule has 2 bridgehead atoms. The molecule has 0 saturated heterocycles. The molecule has 110 valence electrons. The fourth-order valence-corrected chi connectivity index (χ4v) is 7.10. The summed E-state index contributed by atoms with van der Waals surface area (Å²) >= 11 is 0. The average Bonchev–Trinajstić information content (AvgIpc) is 2.46. The Morgan fingerprint density at radius 1 is 1.26 bits per heavy atom. The lowest BCUT2D eigenvalue weighted by molar-refractivity contribution is -0.128. The minimum atomic E-state index is -4.03. The van der Waals surface area contributed by atoms with Crippen molar-refractivity contribution in [3.05, 3.63) is 0 Å². The van der Waals surface area contributed by atoms with Gasteiger partial charge in [-0.05, 0) is 24.2 Å². The highest BCUT2D eigenvalue weighted by molar-refractivity contribution is 8.04. The largest absolute Gasteiger partial charge is 0.299 e. The number of fused-ring (bicyclic) bond motifs is 2. The van der Waals surface area contributed by atoms with Gasteiger partial charge < -0.3 is 0 Å². The number of ketones is 1. The number of rotatable bonds is 4. The minimum Gasteiger partial charge on any atom is -0.299 e. The van der Waals surface area contributed by atoms with E-state index in [9.17, 15) is 21.6 Å². The molecule has 0 aromatic carbocycles. The fraction of sp³-hybridized carbons (Fsp3) is 0.909. The Balaban J connectivity index is 2.35. The van der Waals surface area contributed by atoms with Crippen LogP contribution in [0.25, 0.3) is 0 Å². The summed E-state index contributed by atoms with van der Waals surface area (Å²) in [6.07, 6.45) is 2.55. The van der Waals surface area contributed by atoms with Crippen LogP contribution in [0.5, 0.6) is 0 Å². The van der Waals surface area contributed by atoms with Crippen molar-refractivity contribution in [2.45, 2.75) is 33.1 Å². The van der Waals surface area contributed by atoms with Gasteiger partial charge in [0.15, 0.2) is 0 Å². The van der Waals surface area contributed by atoms with Gasteiger partial charge in [-0.3, -0.25) is 4.79 Å². The van der Waals surface area contributed by atoms with E-state index in [1.54, 1.807) is 4.13 Å². The number of carbonyl (C=O) groups is 1. The van der Waals surface area contributed by atoms with Gasteiger partial charge >= 0.3 is 0 Å². The van der Waals surface area contributed by atoms with E-state index in [0.29, 0.717) is 12.8 Å². The zero-order valence-electron chi connectivity index (χ0n) is 11.3. The van der Waals surface area contributed by atoms with Crippen molar-refractivity contribution in [2.24, 2.45) is 16.7 Å². The predicted molar refractivity (Wildman–Crippen MR) is 70.3 cm³/mol. The maximum Gasteiger partial charge on any atom is 0.225 e. The van der Waals surface area contributed by atoms with E-state index >= 15 is 0 Å². The second-order valence-electron chi connectivity index (χ2n) is 6.28. The molecule has 0 aliphatic heterocycles. The number of Topliss-reactive ketones (excluding diaryl/α,β-unsaturated/α-hetero) is 1. The number of hydrogen-bond acceptors (Lipinski definition) is 5. The summed E-state index contributed by atoms with van der Waals surface area (Å²) in [4.78, 5) is 12.2. The Morgan fingerprint density at radius 3 is 2.21 bits per heavy atom. The highest BCUT2D eigenvalue weighted by atomic mass is 32.3. The standard InChI is InChI=1S/C11H19NO5S2/c1-10(2)8-4-5-11(10,9(13)6-8)7-19(16,17)12-18(3,14)15/h8,12H,4-7H2,1-3H3. The normalized spacial score (nSPS) is 33.8. The van der Waals surface area contributed by atoms with E-state index in [2.05, 4.69) is 0 Å². The molecule has 0 amide bonds. The van der Waals surface area contributed by atoms with Crippen LogP contribution in [0, 0.1) is 16.7 Å². The molecule has 0 radical (unpaired) electrons. The zero-order chi connectivity index (χ0) is 14.7. The van der Waals surface area contributed by atoms with Gasteiger partial charge in [0.2, 0.25) is 20.0 Å². The van der Waals surface area contributed by atoms with Crippen molar-refractivity contribution in [2.75, 3.05) is 12.0 Å². The maximum absolute atomic E-state index is 12.2. The minimum absolute atomic E-state index is 0.0485. The third kappa shape index (κ3) is 2.34. The molecule has 2 unspecified atom stereocenters. The van der Waals surface area contributed by atoms with Crippen molar-refractivity contribution in [3.8, 4) is 0 Å². The lowest BCUT2D eigenvalue weighted by Crippen LogP contribution is -2.46. The van der Waals surface area contributed by atoms with E-state index in [-0.39, 0.29) is 11.7 Å². The topological polar surface area (TPSA) is 97.4 Å². The molecular weight excluding hydrogens is 290 g/mol. The SMILES string of the molecule is CC1(C)C2CCC1(CS(=O)(=O)NS(C)(=O)=O)C(=O)C2. The molecule has 0 heterocycles. The molecule has 0 aromatic rings. The lowest BCUT2D eigenvalue weighted by atomic mass is 9.70. The Labute approximate surface area is 114 Å². The number of carbonyl (C=O) groups excluding carboxylic acids is 1. The van der Waals surface area contributed by atoms with Gasteiger partial charge in [0.05, 0.1) is 12.0 Å². The van der Waals surface area contributed by atoms with Gasteiger partial charge in [-0.15, -0.1) is 4.13 Å². The molecule has 2 saturated carbocycles. The van der Waals surface area contributed by atoms with Crippen molar-refractivity contribution in [3.63, 3.8) is 0 Å². The van der Waals surface area contributed by atoms with Crippen LogP contribution in [0.1, 0.15) is 33.1 Å². The highest BCUT2D eigenvalue weighted by Crippen LogP contribution is 2.64. The first kappa shape index (κ1) is 14.9. The predicted octanol–water partition coefficient (Wildman–Crippen LogP) is 0.261. The molecule has 2 fully saturated rings. The fourth-order valence-electron chi connectivity index (χ4n) is 3.69. The van der Waals surface area contributed by atoms with Gasteiger partial charge in [0, 0.05) is 11.8 Å². The number of hydrogen-bond donors (Lipinski definition) is 1. The lowest BCUT2D eigenvalue weighted by Gasteiger charge is -2.35. The first-order valence-electron chi connectivity index (χ1n) is 6.14. The second kappa shape index (κ2) is 4.02. The third-order valence-electron chi connectivity index (χ3n) is 4.85. The van der Waals surface area contributed by atoms with E-state index < -0.39 is 36.6 Å². The van der Waals surface area contributed by atoms with Gasteiger partial charge in [-0.1, -0.05) is 13.8 Å². The maximum atomic E-state index is 12.2. The monoisotopic (exact) mass is 309 g/mol. The van der Waals surface area contributed by atoms with Crippen molar-refractivity contribution < 1.29 is 21.6 Å². The van der Waals surface area contributed by atoms with Crippen LogP contribution >= 0.6 is 0 Å². The summed E-state index contributed by atoms with van der Waals surface area (Å²) in [7, 11) is -7.88. The van der Waals surface area contributed by atoms with E-state index in [0.717, 1.165) is 12.7 Å². The Kier molecular flexibility index (Phi) is 3.16. The van der Waals surface area contributed by atoms with Crippen LogP contribution in [-0.2, 0) is 24.8 Å². The first-order chi connectivity index (χ1) is 8.40. The molecule has 1 N–H and O–H groups in total. The smallest absolute Gasteiger partial charge is 0.225 e. The Hall–Kier alpha value is -0.470. The second-order valence-corrected chi connectivity index (χ2v) is 10.0. The van der Waals surface area contributed by atoms with Gasteiger partial charge in [0.1, 0.15) is 5.78 Å². The van der Waals surface area contributed by atoms with Gasteiger partial charge in [0.25, 0.3) is 0 Å². The summed E-state index contributed by atoms with van der Waals surface area (Å²) in [5.74, 6) is -0.281. The molecule has 2 atom stereocenters. The summed E-state index contributed by atoms with van der Waals surface area (Å²) in [6.45, 7) is 3.82. The van der Waals surface area contributed by atoms with Crippen molar-refractivity contribution in [1.29, 1.82) is 0 Å². The molecule has 19 heavy (non-hydrogen) atoms. The van der Waals surface area contributed by atoms with Crippen LogP contribution < -0.4 is 4.13 Å². The van der Waals surface area contributed by atoms with Crippen LogP contribution in [0.2, 0.25) is 0 Å². The quantitative estimate of drug-likeness (QED) is 0.803. The highest BCUT2D eigenvalue weighted by Gasteiger charge is 2.65. The van der Waals surface area contributed by atoms with E-state index in [1.807, 2.05) is 13.8 Å². The molecule has 2 aliphatic rings. The Bertz CT molecular complexity index is 619. The number of nitrogens with one attached hydrogen (secondary N) is 1. The van der Waals surface area contributed by atoms with Crippen LogP contribution in [0.4, 0.5) is 0 Å². The summed E-state index contributed by atoms with van der Waals surface area (Å²) in [6, 6.07) is 0. The Morgan fingerprint density at radius 2 is 1.84 bits per heavy atom. The summed E-state index contributed by atoms with van der Waals surface area (Å²) in [5.41, 5.74) is -1.33. The summed E-state index contributed by atoms with van der Waals surface area (Å²) < 4.78 is 47.8. The van der Waals surface area contributed by atoms with E-state index in [1.165, 1.54) is 0 Å². The molecule has 2 rings (SSSR count). The van der Waals surface area contributed by atoms with E-state index in [4.69, 9.17) is 0 Å². The molecule has 8 heteroatoms. The van der Waals surface area contributed by atoms with Crippen LogP contribution in [-0.4, -0.2) is 34.6 Å². The van der Waals surface area contributed by atoms with Crippen LogP contribution in [0.15, 0.2) is 0 Å². The third-order valence-corrected chi connectivity index (χ3v) is 7.95. The molecule has 6 nitrogen and oxygen atoms in total. The molecule has 2 aliphatic carbocycles.